The van der Waals surface area contributed by atoms with Gasteiger partial charge in [0.15, 0.2) is 11.5 Å². The minimum atomic E-state index is -0.497. The van der Waals surface area contributed by atoms with Gasteiger partial charge in [0.2, 0.25) is 0 Å². The van der Waals surface area contributed by atoms with Gasteiger partial charge < -0.3 is 36.9 Å². The Labute approximate surface area is 225 Å². The van der Waals surface area contributed by atoms with E-state index in [4.69, 9.17) is 27.5 Å². The number of methoxy groups -OCH3 is 1. The van der Waals surface area contributed by atoms with Gasteiger partial charge in [-0.05, 0) is 49.8 Å². The van der Waals surface area contributed by atoms with Gasteiger partial charge in [0, 0.05) is 39.5 Å². The molecule has 0 fully saturated rings. The summed E-state index contributed by atoms with van der Waals surface area (Å²) in [6, 6.07) is 7.71. The van der Waals surface area contributed by atoms with Crippen LogP contribution in [0.15, 0.2) is 49.1 Å². The van der Waals surface area contributed by atoms with Gasteiger partial charge >= 0.3 is 0 Å². The summed E-state index contributed by atoms with van der Waals surface area (Å²) in [4.78, 5) is 12.8. The average Bonchev–Trinajstić information content (AvgIpc) is 3.33. The number of rotatable bonds is 7. The Kier molecular flexibility index (Phi) is 11.2. The Morgan fingerprint density at radius 3 is 2.40 bits per heavy atom. The van der Waals surface area contributed by atoms with Crippen molar-refractivity contribution in [1.82, 2.24) is 19.8 Å². The zero-order valence-corrected chi connectivity index (χ0v) is 22.4. The van der Waals surface area contributed by atoms with Gasteiger partial charge in [0.25, 0.3) is 0 Å². The van der Waals surface area contributed by atoms with Gasteiger partial charge in [-0.2, -0.15) is 6.67 Å². The number of hydrogen-bond donors (Lipinski definition) is 1. The van der Waals surface area contributed by atoms with E-state index in [-0.39, 0.29) is 34.0 Å². The van der Waals surface area contributed by atoms with Crippen LogP contribution in [0.1, 0.15) is 13.8 Å². The summed E-state index contributed by atoms with van der Waals surface area (Å²) in [7, 11) is 1.52. The van der Waals surface area contributed by atoms with Gasteiger partial charge in [0.05, 0.1) is 17.6 Å². The number of hydrogen-bond acceptors (Lipinski definition) is 7. The maximum Gasteiger partial charge on any atom is 0.163 e. The number of halogens is 2. The number of fused-ring (bicyclic) bond motifs is 1. The quantitative estimate of drug-likeness (QED) is 0.205. The molecule has 2 heterocycles. The number of nitrogens with one attached hydrogen (secondary N) is 1. The molecule has 0 bridgehead atoms. The number of aromatic nitrogens is 2. The van der Waals surface area contributed by atoms with E-state index in [9.17, 15) is 4.39 Å². The third-order valence-electron chi connectivity index (χ3n) is 4.88. The van der Waals surface area contributed by atoms with Crippen LogP contribution in [-0.2, 0) is 22.4 Å². The Balaban J connectivity index is 0.000000366. The van der Waals surface area contributed by atoms with Crippen LogP contribution in [0, 0.1) is 24.8 Å². The van der Waals surface area contributed by atoms with E-state index in [2.05, 4.69) is 63.9 Å². The molecule has 0 aliphatic carbocycles. The molecule has 1 aromatic heterocycles. The van der Waals surface area contributed by atoms with Gasteiger partial charge in [0.1, 0.15) is 24.6 Å². The molecule has 1 aliphatic rings. The molecule has 10 heteroatoms. The van der Waals surface area contributed by atoms with Gasteiger partial charge in [-0.1, -0.05) is 25.4 Å². The second-order valence-corrected chi connectivity index (χ2v) is 7.44. The molecule has 1 radical (unpaired) electrons. The molecule has 35 heavy (non-hydrogen) atoms. The van der Waals surface area contributed by atoms with Crippen LogP contribution in [-0.4, -0.2) is 46.6 Å². The topological polar surface area (TPSA) is 62.8 Å². The average molecular weight is 679 g/mol. The van der Waals surface area contributed by atoms with Crippen LogP contribution in [0.3, 0.4) is 0 Å². The molecule has 189 valence electrons. The molecular formula is C25H25AuClFN5O2-2. The predicted octanol–water partition coefficient (Wildman–Crippen LogP) is 5.37. The first kappa shape index (κ1) is 28.3. The van der Waals surface area contributed by atoms with Crippen LogP contribution >= 0.6 is 11.6 Å². The van der Waals surface area contributed by atoms with Gasteiger partial charge in [-0.25, -0.2) is 14.4 Å². The molecule has 0 saturated heterocycles. The van der Waals surface area contributed by atoms with Crippen molar-refractivity contribution in [3.05, 3.63) is 73.0 Å². The summed E-state index contributed by atoms with van der Waals surface area (Å²) in [5.74, 6) is 3.08. The van der Waals surface area contributed by atoms with Crippen molar-refractivity contribution in [2.45, 2.75) is 13.8 Å². The first-order valence-corrected chi connectivity index (χ1v) is 11.0. The van der Waals surface area contributed by atoms with E-state index < -0.39 is 5.82 Å². The van der Waals surface area contributed by atoms with Crippen molar-refractivity contribution in [2.75, 3.05) is 32.1 Å². The molecule has 7 nitrogen and oxygen atoms in total. The maximum absolute atomic E-state index is 13.3. The zero-order chi connectivity index (χ0) is 24.5. The molecule has 2 aromatic carbocycles. The normalized spacial score (nSPS) is 11.9. The summed E-state index contributed by atoms with van der Waals surface area (Å²) in [5, 5.41) is 3.76. The molecular weight excluding hydrogens is 654 g/mol. The van der Waals surface area contributed by atoms with Crippen molar-refractivity contribution in [1.29, 1.82) is 0 Å². The Hall–Kier alpha value is -2.96. The largest absolute Gasteiger partial charge is 0.690 e. The van der Waals surface area contributed by atoms with Crippen molar-refractivity contribution >= 4 is 34.0 Å². The minimum Gasteiger partial charge on any atom is -0.690 e. The van der Waals surface area contributed by atoms with E-state index in [0.29, 0.717) is 33.9 Å². The third kappa shape index (κ3) is 7.51. The smallest absolute Gasteiger partial charge is 0.163 e. The van der Waals surface area contributed by atoms with E-state index >= 15 is 0 Å². The van der Waals surface area contributed by atoms with Crippen molar-refractivity contribution in [2.24, 2.45) is 0 Å². The van der Waals surface area contributed by atoms with Crippen molar-refractivity contribution < 1.29 is 36.2 Å². The van der Waals surface area contributed by atoms with E-state index in [0.717, 1.165) is 13.1 Å². The fourth-order valence-electron chi connectivity index (χ4n) is 3.07. The van der Waals surface area contributed by atoms with Crippen LogP contribution < -0.4 is 14.8 Å². The Bertz CT molecular complexity index is 1190. The maximum atomic E-state index is 13.3. The molecule has 0 saturated carbocycles. The standard InChI is InChI=1S/C18H12ClFN3O2.C7H13N2.Au/c1-3-6-25-17-8-12-15(9-16(17)24-2)21-10-22-18(12)23-11-4-5-14(20)13(19)7-11;1-3-8-5-6-9(4-2)7-8;/h4-5,7-10H,6H2,2H3,(H,21,22,23);5-7H,3-4H2,1-2H3;/q2*-1;. The van der Waals surface area contributed by atoms with Gasteiger partial charge in [-0.15, -0.1) is 0 Å². The molecule has 1 N–H and O–H groups in total. The zero-order valence-electron chi connectivity index (χ0n) is 19.5. The first-order chi connectivity index (χ1) is 16.5. The number of benzene rings is 2. The second kappa shape index (κ2) is 13.8. The van der Waals surface area contributed by atoms with Crippen LogP contribution in [0.4, 0.5) is 15.9 Å². The SMILES string of the molecule is CCN1C=CN(CC)[CH-]1.[Au].[C-]#CCOc1cc2c(Nc3ccc(F)c(Cl)c3)ncnc2cc1OC. The number of nitrogens with zero attached hydrogens (tertiary/aromatic N) is 4. The fraction of sp³-hybridized carbons (Fsp3) is 0.240. The molecule has 0 spiro atoms. The predicted molar refractivity (Wildman–Crippen MR) is 132 cm³/mol. The second-order valence-electron chi connectivity index (χ2n) is 7.04. The summed E-state index contributed by atoms with van der Waals surface area (Å²) >= 11 is 5.81. The summed E-state index contributed by atoms with van der Waals surface area (Å²) in [6.07, 6.45) is 12.6. The minimum absolute atomic E-state index is 0. The van der Waals surface area contributed by atoms with E-state index in [1.807, 2.05) is 0 Å². The number of anilines is 2. The van der Waals surface area contributed by atoms with E-state index in [1.165, 1.54) is 25.6 Å². The van der Waals surface area contributed by atoms with Gasteiger partial charge in [-0.3, -0.25) is 0 Å². The van der Waals surface area contributed by atoms with Crippen LogP contribution in [0.2, 0.25) is 5.02 Å². The first-order valence-electron chi connectivity index (χ1n) is 10.6. The summed E-state index contributed by atoms with van der Waals surface area (Å²) in [6.45, 7) is 8.51. The monoisotopic (exact) mass is 678 g/mol. The molecule has 0 unspecified atom stereocenters. The number of ether oxygens (including phenoxy) is 2. The van der Waals surface area contributed by atoms with E-state index in [1.54, 1.807) is 18.2 Å². The summed E-state index contributed by atoms with van der Waals surface area (Å²) in [5.41, 5.74) is 1.21. The van der Waals surface area contributed by atoms with Crippen LogP contribution in [0.5, 0.6) is 11.5 Å². The Morgan fingerprint density at radius 2 is 1.83 bits per heavy atom. The molecule has 0 amide bonds. The molecule has 0 atom stereocenters. The Morgan fingerprint density at radius 1 is 1.11 bits per heavy atom. The molecule has 1 aliphatic heterocycles. The van der Waals surface area contributed by atoms with Crippen molar-refractivity contribution in [3.8, 4) is 17.4 Å². The van der Waals surface area contributed by atoms with Crippen molar-refractivity contribution in [3.63, 3.8) is 0 Å². The fourth-order valence-corrected chi connectivity index (χ4v) is 3.25. The molecule has 3 aromatic rings. The third-order valence-corrected chi connectivity index (χ3v) is 5.17. The van der Waals surface area contributed by atoms with Crippen LogP contribution in [0.25, 0.3) is 10.9 Å². The summed E-state index contributed by atoms with van der Waals surface area (Å²) < 4.78 is 24.0. The molecule has 4 rings (SSSR count).